The molecule has 25 nitrogen and oxygen atoms in total. The number of nitrogens with zero attached hydrogens (tertiary/aromatic N) is 20. The van der Waals surface area contributed by atoms with Crippen molar-refractivity contribution >= 4 is 213 Å². The van der Waals surface area contributed by atoms with Gasteiger partial charge in [0, 0.05) is 140 Å². The van der Waals surface area contributed by atoms with Gasteiger partial charge in [-0.3, -0.25) is 24.5 Å². The first-order valence-corrected chi connectivity index (χ1v) is 49.7. The van der Waals surface area contributed by atoms with E-state index in [2.05, 4.69) is 342 Å². The molecule has 0 unspecified atom stereocenters. The van der Waals surface area contributed by atoms with Gasteiger partial charge in [-0.05, 0) is 215 Å². The number of para-hydroxylation sites is 7. The summed E-state index contributed by atoms with van der Waals surface area (Å²) in [6, 6.07) is 86.2. The van der Waals surface area contributed by atoms with Gasteiger partial charge in [0.1, 0.15) is 58.7 Å². The first-order valence-electron chi connectivity index (χ1n) is 49.7. The van der Waals surface area contributed by atoms with Crippen molar-refractivity contribution < 1.29 is 22.1 Å². The van der Waals surface area contributed by atoms with E-state index in [1.165, 1.54) is 27.9 Å². The predicted octanol–water partition coefficient (Wildman–Crippen LogP) is 30.2. The van der Waals surface area contributed by atoms with Gasteiger partial charge in [-0.1, -0.05) is 194 Å². The number of furan rings is 5. The molecule has 722 valence electrons. The third-order valence-electron chi connectivity index (χ3n) is 29.2. The van der Waals surface area contributed by atoms with Crippen molar-refractivity contribution in [3.05, 3.63) is 361 Å². The molecule has 28 rings (SSSR count). The molecule has 146 heavy (non-hydrogen) atoms. The van der Waals surface area contributed by atoms with E-state index >= 15 is 0 Å². The minimum Gasteiger partial charge on any atom is -0.454 e. The minimum atomic E-state index is -0.0234. The van der Waals surface area contributed by atoms with E-state index in [-0.39, 0.29) is 30.8 Å². The average Bonchev–Trinajstić information content (AvgIpc) is 1.58. The standard InChI is InChI=1S/2C27H24N4O.C25H20N4O.C22H22N4O.C20H18N4O/c1-16-8-7-9-17(2)23(16)30-19(4)31(27-26(30)28-14-15-29-27)24-18(3)12-13-21-20-10-5-6-11-22(20)32-25(21)24;1-16-13-17(2)15-20(14-16)30-19(4)31(27-26(30)28-11-12-29-27)24-18(3)9-10-22-21-7-5-6-8-23(21)32-25(22)24;1-16-12-13-20-19-10-6-7-11-21(19)30-23(20)22(16)29-17(2)28(18-8-4-3-5-9-18)24-25(29)27-15-14-26-24;1-13(2)25-15(4)26(22-21(25)23-11-12-24-22)19-14(3)9-10-17-16-7-5-6-8-18(16)27-20(17)19;1-12-8-9-15-14-6-4-5-7-16(14)25-18(15)17(12)24-13(2)23(3)19-20(24)22-11-10-21-19/h2*5-15,19H,1-4H3;3-15,17H,1-2H3;5-13,15H,1-4H3;4-11,13H,1-3H3/t2*19-;17-;15-;13-/m11111/s1. The van der Waals surface area contributed by atoms with Gasteiger partial charge >= 0.3 is 0 Å². The molecular weight excluding hydrogens is 1810 g/mol. The van der Waals surface area contributed by atoms with Crippen LogP contribution in [-0.2, 0) is 0 Å². The first-order chi connectivity index (χ1) is 71.1. The number of aromatic nitrogens is 10. The summed E-state index contributed by atoms with van der Waals surface area (Å²) in [6.45, 7) is 34.5. The largest absolute Gasteiger partial charge is 0.454 e. The SMILES string of the molecule is Cc1cc(C)cc(N2c3nccnc3N(c3c(C)ccc4c3oc3ccccc34)[C@@H]2C)c1.Cc1ccc2c(oc3ccccc32)c1N1c2nccnc2N(C(C)C)[C@H]1C.Cc1ccc2c(oc3ccccc32)c1N1c2nccnc2N(C)[C@H]1C.Cc1ccc2c(oc3ccccc32)c1N1c2nccnc2N(c2ccccc2)[C@H]1C.Cc1cccc(C)c1N1c2nccnc2N(c2c(C)ccc3c2oc2ccccc23)[C@@H]1C. The summed E-state index contributed by atoms with van der Waals surface area (Å²) in [7, 11) is 2.05. The second-order valence-corrected chi connectivity index (χ2v) is 38.7. The smallest absolute Gasteiger partial charge is 0.178 e. The Hall–Kier alpha value is -17.7. The summed E-state index contributed by atoms with van der Waals surface area (Å²) in [5, 5.41) is 11.3. The number of aryl methyl sites for hydroxylation is 9. The van der Waals surface area contributed by atoms with Gasteiger partial charge in [0.05, 0.1) is 34.1 Å². The number of rotatable bonds is 9. The van der Waals surface area contributed by atoms with Crippen molar-refractivity contribution in [1.82, 2.24) is 49.8 Å². The van der Waals surface area contributed by atoms with Crippen molar-refractivity contribution in [3.63, 3.8) is 0 Å². The second kappa shape index (κ2) is 36.0. The van der Waals surface area contributed by atoms with Crippen LogP contribution >= 0.6 is 0 Å². The van der Waals surface area contributed by atoms with E-state index in [0.717, 1.165) is 236 Å². The molecule has 0 bridgehead atoms. The van der Waals surface area contributed by atoms with Gasteiger partial charge in [-0.2, -0.15) is 0 Å². The highest BCUT2D eigenvalue weighted by Gasteiger charge is 2.46. The Bertz CT molecular complexity index is 9040. The molecule has 0 saturated carbocycles. The molecule has 5 aliphatic heterocycles. The average molecular weight is 1920 g/mol. The molecule has 5 aliphatic rings. The van der Waals surface area contributed by atoms with Crippen LogP contribution in [0, 0.1) is 62.3 Å². The zero-order chi connectivity index (χ0) is 100. The van der Waals surface area contributed by atoms with Crippen LogP contribution < -0.4 is 49.0 Å². The van der Waals surface area contributed by atoms with E-state index in [9.17, 15) is 0 Å². The van der Waals surface area contributed by atoms with Crippen molar-refractivity contribution in [2.75, 3.05) is 56.0 Å². The Kier molecular flexibility index (Phi) is 22.4. The molecule has 0 fully saturated rings. The number of hydrogen-bond donors (Lipinski definition) is 0. The van der Waals surface area contributed by atoms with Gasteiger partial charge < -0.3 is 46.6 Å². The second-order valence-electron chi connectivity index (χ2n) is 38.7. The molecule has 25 heteroatoms. The lowest BCUT2D eigenvalue weighted by atomic mass is 10.1. The van der Waals surface area contributed by atoms with Crippen LogP contribution in [0.1, 0.15) is 98.5 Å². The van der Waals surface area contributed by atoms with Crippen LogP contribution in [0.25, 0.3) is 110 Å². The summed E-state index contributed by atoms with van der Waals surface area (Å²) in [5.74, 6) is 8.67. The highest BCUT2D eigenvalue weighted by Crippen LogP contribution is 2.56. The van der Waals surface area contributed by atoms with Crippen molar-refractivity contribution in [2.24, 2.45) is 0 Å². The molecule has 15 heterocycles. The molecule has 0 saturated heterocycles. The summed E-state index contributed by atoms with van der Waals surface area (Å²) in [5.41, 5.74) is 28.2. The molecule has 10 aromatic heterocycles. The molecule has 0 N–H and O–H groups in total. The lowest BCUT2D eigenvalue weighted by Crippen LogP contribution is -2.42. The maximum atomic E-state index is 6.42. The van der Waals surface area contributed by atoms with Crippen LogP contribution in [0.3, 0.4) is 0 Å². The Morgan fingerprint density at radius 2 is 0.452 bits per heavy atom. The Labute approximate surface area is 844 Å². The maximum absolute atomic E-state index is 6.42. The van der Waals surface area contributed by atoms with Crippen LogP contribution in [0.4, 0.5) is 104 Å². The zero-order valence-electron chi connectivity index (χ0n) is 84.4. The molecule has 0 spiro atoms. The number of hydrogen-bond acceptors (Lipinski definition) is 25. The van der Waals surface area contributed by atoms with Crippen LogP contribution in [-0.4, -0.2) is 93.8 Å². The van der Waals surface area contributed by atoms with Gasteiger partial charge in [-0.25, -0.2) is 49.8 Å². The van der Waals surface area contributed by atoms with Crippen molar-refractivity contribution in [2.45, 2.75) is 148 Å². The summed E-state index contributed by atoms with van der Waals surface area (Å²) in [6.07, 6.45) is 17.7. The molecule has 5 atom stereocenters. The van der Waals surface area contributed by atoms with Crippen molar-refractivity contribution in [1.29, 1.82) is 0 Å². The molecule has 23 aromatic rings. The third-order valence-corrected chi connectivity index (χ3v) is 29.2. The Balaban J connectivity index is 0.0000000981. The zero-order valence-corrected chi connectivity index (χ0v) is 84.4. The quantitative estimate of drug-likeness (QED) is 0.131. The minimum absolute atomic E-state index is 0.0117. The number of anilines is 18. The highest BCUT2D eigenvalue weighted by molar-refractivity contribution is 6.16. The summed E-state index contributed by atoms with van der Waals surface area (Å²) < 4.78 is 31.8. The summed E-state index contributed by atoms with van der Waals surface area (Å²) in [4.78, 5) is 69.4. The predicted molar refractivity (Wildman–Crippen MR) is 591 cm³/mol. The lowest BCUT2D eigenvalue weighted by molar-refractivity contribution is 0.598. The van der Waals surface area contributed by atoms with E-state index < -0.39 is 0 Å². The van der Waals surface area contributed by atoms with E-state index in [4.69, 9.17) is 47.0 Å². The normalized spacial score (nSPS) is 16.1. The molecule has 0 radical (unpaired) electrons. The number of benzene rings is 13. The highest BCUT2D eigenvalue weighted by atomic mass is 16.3. The Morgan fingerprint density at radius 3 is 0.774 bits per heavy atom. The lowest BCUT2D eigenvalue weighted by Gasteiger charge is -2.32. The van der Waals surface area contributed by atoms with Crippen LogP contribution in [0.15, 0.2) is 333 Å². The first kappa shape index (κ1) is 90.8. The van der Waals surface area contributed by atoms with Gasteiger partial charge in [0.2, 0.25) is 0 Å². The van der Waals surface area contributed by atoms with E-state index in [0.29, 0.717) is 6.04 Å². The molecular formula is C121H108N20O5. The van der Waals surface area contributed by atoms with Crippen molar-refractivity contribution in [3.8, 4) is 0 Å². The Morgan fingerprint density at radius 1 is 0.212 bits per heavy atom. The molecule has 0 aliphatic carbocycles. The van der Waals surface area contributed by atoms with E-state index in [1.54, 1.807) is 62.0 Å². The monoisotopic (exact) mass is 1920 g/mol. The van der Waals surface area contributed by atoms with Gasteiger partial charge in [-0.15, -0.1) is 0 Å². The fraction of sp³-hybridized carbons (Fsp3) is 0.190. The fourth-order valence-electron chi connectivity index (χ4n) is 22.7. The summed E-state index contributed by atoms with van der Waals surface area (Å²) >= 11 is 0. The maximum Gasteiger partial charge on any atom is 0.178 e. The molecule has 0 amide bonds. The topological polar surface area (TPSA) is 227 Å². The third kappa shape index (κ3) is 14.7. The van der Waals surface area contributed by atoms with E-state index in [1.807, 2.05) is 98.0 Å². The fourth-order valence-corrected chi connectivity index (χ4v) is 22.7. The van der Waals surface area contributed by atoms with Gasteiger partial charge in [0.15, 0.2) is 86.1 Å². The molecule has 13 aromatic carbocycles. The van der Waals surface area contributed by atoms with Gasteiger partial charge in [0.25, 0.3) is 0 Å². The van der Waals surface area contributed by atoms with Crippen LogP contribution in [0.2, 0.25) is 0 Å². The van der Waals surface area contributed by atoms with Crippen LogP contribution in [0.5, 0.6) is 0 Å². The number of fused-ring (bicyclic) bond motifs is 20.